The van der Waals surface area contributed by atoms with Gasteiger partial charge in [0.2, 0.25) is 5.92 Å². The lowest BCUT2D eigenvalue weighted by atomic mass is 10.0. The van der Waals surface area contributed by atoms with Crippen LogP contribution in [0.2, 0.25) is 0 Å². The molecular formula is C13H24F2N2. The van der Waals surface area contributed by atoms with Gasteiger partial charge in [0, 0.05) is 32.0 Å². The Labute approximate surface area is 103 Å². The van der Waals surface area contributed by atoms with Gasteiger partial charge in [-0.25, -0.2) is 8.78 Å². The highest BCUT2D eigenvalue weighted by molar-refractivity contribution is 4.86. The molecule has 1 saturated heterocycles. The van der Waals surface area contributed by atoms with Crippen molar-refractivity contribution in [2.24, 2.45) is 5.92 Å². The predicted octanol–water partition coefficient (Wildman–Crippen LogP) is 2.50. The molecular weight excluding hydrogens is 222 g/mol. The first kappa shape index (κ1) is 13.2. The van der Waals surface area contributed by atoms with Crippen molar-refractivity contribution in [1.29, 1.82) is 0 Å². The van der Waals surface area contributed by atoms with Crippen LogP contribution >= 0.6 is 0 Å². The molecule has 2 aliphatic rings. The molecule has 0 amide bonds. The van der Waals surface area contributed by atoms with E-state index in [1.807, 2.05) is 0 Å². The van der Waals surface area contributed by atoms with Crippen LogP contribution < -0.4 is 5.32 Å². The van der Waals surface area contributed by atoms with Crippen LogP contribution in [0.25, 0.3) is 0 Å². The number of nitrogens with one attached hydrogen (secondary N) is 1. The van der Waals surface area contributed by atoms with Crippen LogP contribution in [0.15, 0.2) is 0 Å². The molecule has 1 heterocycles. The van der Waals surface area contributed by atoms with Crippen LogP contribution in [0.3, 0.4) is 0 Å². The van der Waals surface area contributed by atoms with E-state index in [0.717, 1.165) is 26.2 Å². The largest absolute Gasteiger partial charge is 0.315 e. The molecule has 0 aromatic carbocycles. The minimum Gasteiger partial charge on any atom is -0.315 e. The van der Waals surface area contributed by atoms with Gasteiger partial charge in [-0.3, -0.25) is 4.90 Å². The minimum atomic E-state index is -2.39. The average molecular weight is 246 g/mol. The molecule has 2 unspecified atom stereocenters. The smallest absolute Gasteiger partial charge is 0.248 e. The number of piperidine rings is 1. The molecule has 0 aromatic heterocycles. The molecule has 4 heteroatoms. The van der Waals surface area contributed by atoms with Crippen molar-refractivity contribution in [2.75, 3.05) is 26.2 Å². The van der Waals surface area contributed by atoms with Crippen molar-refractivity contribution in [2.45, 2.75) is 51.0 Å². The molecule has 1 aliphatic carbocycles. The van der Waals surface area contributed by atoms with Gasteiger partial charge in [0.05, 0.1) is 0 Å². The first-order chi connectivity index (χ1) is 8.11. The van der Waals surface area contributed by atoms with Crippen molar-refractivity contribution in [1.82, 2.24) is 10.2 Å². The summed E-state index contributed by atoms with van der Waals surface area (Å²) in [6, 6.07) is 0.558. The quantitative estimate of drug-likeness (QED) is 0.820. The molecule has 1 aliphatic heterocycles. The van der Waals surface area contributed by atoms with Crippen LogP contribution in [0, 0.1) is 5.92 Å². The molecule has 2 atom stereocenters. The summed E-state index contributed by atoms with van der Waals surface area (Å²) < 4.78 is 26.3. The highest BCUT2D eigenvalue weighted by Crippen LogP contribution is 2.39. The van der Waals surface area contributed by atoms with Crippen LogP contribution in [-0.2, 0) is 0 Å². The van der Waals surface area contributed by atoms with Gasteiger partial charge in [-0.2, -0.15) is 0 Å². The second-order valence-corrected chi connectivity index (χ2v) is 5.55. The Morgan fingerprint density at radius 2 is 2.18 bits per heavy atom. The SMILES string of the molecule is CCN(CC1CCC(F)(F)C1)C1CCCNC1. The Morgan fingerprint density at radius 3 is 2.71 bits per heavy atom. The Hall–Kier alpha value is -0.220. The van der Waals surface area contributed by atoms with Gasteiger partial charge in [-0.1, -0.05) is 6.92 Å². The summed E-state index contributed by atoms with van der Waals surface area (Å²) in [5, 5.41) is 3.40. The summed E-state index contributed by atoms with van der Waals surface area (Å²) >= 11 is 0. The molecule has 0 radical (unpaired) electrons. The molecule has 2 fully saturated rings. The minimum absolute atomic E-state index is 0.0954. The van der Waals surface area contributed by atoms with Gasteiger partial charge in [0.25, 0.3) is 0 Å². The van der Waals surface area contributed by atoms with E-state index in [9.17, 15) is 8.78 Å². The molecule has 100 valence electrons. The monoisotopic (exact) mass is 246 g/mol. The van der Waals surface area contributed by atoms with E-state index in [-0.39, 0.29) is 18.8 Å². The molecule has 17 heavy (non-hydrogen) atoms. The van der Waals surface area contributed by atoms with Crippen LogP contribution in [0.4, 0.5) is 8.78 Å². The van der Waals surface area contributed by atoms with Crippen molar-refractivity contribution >= 4 is 0 Å². The fourth-order valence-corrected chi connectivity index (χ4v) is 3.21. The normalized spacial score (nSPS) is 33.2. The summed E-state index contributed by atoms with van der Waals surface area (Å²) in [6.07, 6.45) is 3.32. The Kier molecular flexibility index (Phi) is 4.36. The zero-order valence-electron chi connectivity index (χ0n) is 10.7. The Balaban J connectivity index is 1.82. The summed E-state index contributed by atoms with van der Waals surface area (Å²) in [4.78, 5) is 2.40. The van der Waals surface area contributed by atoms with E-state index < -0.39 is 5.92 Å². The predicted molar refractivity (Wildman–Crippen MR) is 65.4 cm³/mol. The van der Waals surface area contributed by atoms with E-state index >= 15 is 0 Å². The fourth-order valence-electron chi connectivity index (χ4n) is 3.21. The maximum atomic E-state index is 13.2. The number of rotatable bonds is 4. The van der Waals surface area contributed by atoms with E-state index in [4.69, 9.17) is 0 Å². The van der Waals surface area contributed by atoms with E-state index in [1.54, 1.807) is 0 Å². The zero-order chi connectivity index (χ0) is 12.3. The third-order valence-electron chi connectivity index (χ3n) is 4.19. The van der Waals surface area contributed by atoms with Gasteiger partial charge < -0.3 is 5.32 Å². The molecule has 1 N–H and O–H groups in total. The van der Waals surface area contributed by atoms with Crippen LogP contribution in [0.1, 0.15) is 39.0 Å². The maximum Gasteiger partial charge on any atom is 0.248 e. The van der Waals surface area contributed by atoms with Crippen LogP contribution in [-0.4, -0.2) is 43.0 Å². The lowest BCUT2D eigenvalue weighted by Gasteiger charge is -2.35. The second-order valence-electron chi connectivity index (χ2n) is 5.55. The van der Waals surface area contributed by atoms with Gasteiger partial charge in [-0.15, -0.1) is 0 Å². The molecule has 1 saturated carbocycles. The van der Waals surface area contributed by atoms with Crippen molar-refractivity contribution in [3.8, 4) is 0 Å². The summed E-state index contributed by atoms with van der Waals surface area (Å²) in [7, 11) is 0. The first-order valence-electron chi connectivity index (χ1n) is 6.93. The van der Waals surface area contributed by atoms with Crippen molar-refractivity contribution in [3.63, 3.8) is 0 Å². The fraction of sp³-hybridized carbons (Fsp3) is 1.00. The third kappa shape index (κ3) is 3.62. The van der Waals surface area contributed by atoms with Gasteiger partial charge in [0.1, 0.15) is 0 Å². The number of hydrogen-bond donors (Lipinski definition) is 1. The second kappa shape index (κ2) is 5.61. The van der Waals surface area contributed by atoms with Crippen molar-refractivity contribution in [3.05, 3.63) is 0 Å². The van der Waals surface area contributed by atoms with E-state index in [2.05, 4.69) is 17.1 Å². The summed E-state index contributed by atoms with van der Waals surface area (Å²) in [5.41, 5.74) is 0. The highest BCUT2D eigenvalue weighted by atomic mass is 19.3. The number of likely N-dealkylation sites (N-methyl/N-ethyl adjacent to an activating group) is 1. The van der Waals surface area contributed by atoms with Gasteiger partial charge in [0.15, 0.2) is 0 Å². The number of hydrogen-bond acceptors (Lipinski definition) is 2. The molecule has 2 nitrogen and oxygen atoms in total. The van der Waals surface area contributed by atoms with E-state index in [0.29, 0.717) is 12.5 Å². The third-order valence-corrected chi connectivity index (χ3v) is 4.19. The number of halogens is 2. The lowest BCUT2D eigenvalue weighted by Crippen LogP contribution is -2.47. The Morgan fingerprint density at radius 1 is 1.35 bits per heavy atom. The molecule has 2 rings (SSSR count). The van der Waals surface area contributed by atoms with Gasteiger partial charge in [-0.05, 0) is 38.3 Å². The first-order valence-corrected chi connectivity index (χ1v) is 6.93. The van der Waals surface area contributed by atoms with Crippen LogP contribution in [0.5, 0.6) is 0 Å². The zero-order valence-corrected chi connectivity index (χ0v) is 10.7. The number of nitrogens with zero attached hydrogens (tertiary/aromatic N) is 1. The molecule has 0 bridgehead atoms. The van der Waals surface area contributed by atoms with E-state index in [1.165, 1.54) is 12.8 Å². The lowest BCUT2D eigenvalue weighted by molar-refractivity contribution is 0.00250. The highest BCUT2D eigenvalue weighted by Gasteiger charge is 2.40. The topological polar surface area (TPSA) is 15.3 Å². The van der Waals surface area contributed by atoms with Gasteiger partial charge >= 0.3 is 0 Å². The summed E-state index contributed by atoms with van der Waals surface area (Å²) in [6.45, 7) is 6.11. The molecule has 0 spiro atoms. The average Bonchev–Trinajstić information content (AvgIpc) is 2.67. The standard InChI is InChI=1S/C13H24F2N2/c1-2-17(12-4-3-7-16-9-12)10-11-5-6-13(14,15)8-11/h11-12,16H,2-10H2,1H3. The summed E-state index contributed by atoms with van der Waals surface area (Å²) in [5.74, 6) is -2.19. The number of alkyl halides is 2. The Bertz CT molecular complexity index is 240. The van der Waals surface area contributed by atoms with Crippen molar-refractivity contribution < 1.29 is 8.78 Å². The maximum absolute atomic E-state index is 13.2. The molecule has 0 aromatic rings.